The summed E-state index contributed by atoms with van der Waals surface area (Å²) < 4.78 is 7.23. The molecule has 0 unspecified atom stereocenters. The summed E-state index contributed by atoms with van der Waals surface area (Å²) in [4.78, 5) is 30.8. The van der Waals surface area contributed by atoms with Gasteiger partial charge in [-0.15, -0.1) is 0 Å². The van der Waals surface area contributed by atoms with Crippen molar-refractivity contribution in [3.05, 3.63) is 17.7 Å². The van der Waals surface area contributed by atoms with Gasteiger partial charge in [0.15, 0.2) is 5.82 Å². The summed E-state index contributed by atoms with van der Waals surface area (Å²) in [5.41, 5.74) is 0.316. The van der Waals surface area contributed by atoms with E-state index in [1.54, 1.807) is 10.8 Å². The van der Waals surface area contributed by atoms with Crippen molar-refractivity contribution in [3.8, 4) is 0 Å². The number of nitrogens with zero attached hydrogens (tertiary/aromatic N) is 3. The first-order valence-electron chi connectivity index (χ1n) is 8.81. The van der Waals surface area contributed by atoms with Gasteiger partial charge in [0.2, 0.25) is 0 Å². The van der Waals surface area contributed by atoms with Crippen LogP contribution in [0, 0.1) is 5.92 Å². The van der Waals surface area contributed by atoms with E-state index in [1.807, 2.05) is 18.7 Å². The third kappa shape index (κ3) is 4.14. The molecule has 0 aromatic carbocycles. The summed E-state index contributed by atoms with van der Waals surface area (Å²) in [5.74, 6) is 0.752. The summed E-state index contributed by atoms with van der Waals surface area (Å²) in [6.45, 7) is 7.35. The lowest BCUT2D eigenvalue weighted by Crippen LogP contribution is -2.41. The number of nitrogens with one attached hydrogen (secondary N) is 1. The Balaban J connectivity index is 1.52. The monoisotopic (exact) mass is 334 g/mol. The molecule has 2 heterocycles. The second-order valence-electron chi connectivity index (χ2n) is 6.87. The molecule has 0 bridgehead atoms. The number of carbonyl (C=O) groups is 2. The van der Waals surface area contributed by atoms with Gasteiger partial charge in [-0.2, -0.15) is 0 Å². The van der Waals surface area contributed by atoms with Crippen LogP contribution in [0.4, 0.5) is 0 Å². The van der Waals surface area contributed by atoms with Crippen LogP contribution in [-0.2, 0) is 11.3 Å². The number of imidazole rings is 1. The van der Waals surface area contributed by atoms with Gasteiger partial charge in [0.05, 0.1) is 6.10 Å². The Morgan fingerprint density at radius 1 is 1.42 bits per heavy atom. The van der Waals surface area contributed by atoms with Crippen LogP contribution in [0.5, 0.6) is 0 Å². The fourth-order valence-electron chi connectivity index (χ4n) is 2.81. The summed E-state index contributed by atoms with van der Waals surface area (Å²) in [6, 6.07) is 0. The lowest BCUT2D eigenvalue weighted by atomic mass is 10.3. The van der Waals surface area contributed by atoms with Crippen LogP contribution >= 0.6 is 0 Å². The summed E-state index contributed by atoms with van der Waals surface area (Å²) >= 11 is 0. The van der Waals surface area contributed by atoms with Crippen LogP contribution in [-0.4, -0.2) is 58.6 Å². The van der Waals surface area contributed by atoms with Gasteiger partial charge in [-0.1, -0.05) is 0 Å². The SMILES string of the molecule is CC(C)OCCCNC(=O)c1cn2c(n1)C(=O)N(CC1CC1)CC2. The maximum absolute atomic E-state index is 12.5. The highest BCUT2D eigenvalue weighted by Crippen LogP contribution is 2.30. The Morgan fingerprint density at radius 3 is 2.92 bits per heavy atom. The first-order valence-corrected chi connectivity index (χ1v) is 8.81. The standard InChI is InChI=1S/C17H26N4O3/c1-12(2)24-9-3-6-18-16(22)14-11-20-7-8-21(10-13-4-5-13)17(23)15(20)19-14/h11-13H,3-10H2,1-2H3,(H,18,22). The molecule has 2 aliphatic rings. The molecule has 7 heteroatoms. The third-order valence-corrected chi connectivity index (χ3v) is 4.33. The van der Waals surface area contributed by atoms with Gasteiger partial charge in [0.25, 0.3) is 11.8 Å². The van der Waals surface area contributed by atoms with Crippen molar-refractivity contribution in [3.63, 3.8) is 0 Å². The van der Waals surface area contributed by atoms with Crippen LogP contribution < -0.4 is 5.32 Å². The van der Waals surface area contributed by atoms with E-state index >= 15 is 0 Å². The highest BCUT2D eigenvalue weighted by atomic mass is 16.5. The average molecular weight is 334 g/mol. The summed E-state index contributed by atoms with van der Waals surface area (Å²) in [7, 11) is 0. The average Bonchev–Trinajstić information content (AvgIpc) is 3.24. The Hall–Kier alpha value is -1.89. The highest BCUT2D eigenvalue weighted by molar-refractivity contribution is 5.96. The molecule has 1 aliphatic carbocycles. The number of carbonyl (C=O) groups excluding carboxylic acids is 2. The predicted molar refractivity (Wildman–Crippen MR) is 88.9 cm³/mol. The Kier molecular flexibility index (Phi) is 5.18. The minimum absolute atomic E-state index is 0.0578. The van der Waals surface area contributed by atoms with Gasteiger partial charge in [-0.25, -0.2) is 4.98 Å². The zero-order chi connectivity index (χ0) is 17.1. The lowest BCUT2D eigenvalue weighted by Gasteiger charge is -2.27. The Labute approximate surface area is 142 Å². The molecule has 3 rings (SSSR count). The maximum Gasteiger partial charge on any atom is 0.289 e. The van der Waals surface area contributed by atoms with Crippen LogP contribution in [0.1, 0.15) is 54.2 Å². The van der Waals surface area contributed by atoms with E-state index in [4.69, 9.17) is 4.74 Å². The number of amides is 2. The number of ether oxygens (including phenoxy) is 1. The third-order valence-electron chi connectivity index (χ3n) is 4.33. The Morgan fingerprint density at radius 2 is 2.21 bits per heavy atom. The van der Waals surface area contributed by atoms with E-state index in [1.165, 1.54) is 12.8 Å². The van der Waals surface area contributed by atoms with Crippen molar-refractivity contribution >= 4 is 11.8 Å². The molecule has 7 nitrogen and oxygen atoms in total. The van der Waals surface area contributed by atoms with Crippen molar-refractivity contribution < 1.29 is 14.3 Å². The summed E-state index contributed by atoms with van der Waals surface area (Å²) in [6.07, 6.45) is 5.07. The molecule has 1 aliphatic heterocycles. The molecular formula is C17H26N4O3. The first kappa shape index (κ1) is 17.0. The molecule has 1 aromatic heterocycles. The number of aromatic nitrogens is 2. The molecule has 1 aromatic rings. The lowest BCUT2D eigenvalue weighted by molar-refractivity contribution is 0.0688. The molecule has 24 heavy (non-hydrogen) atoms. The topological polar surface area (TPSA) is 76.5 Å². The molecule has 1 saturated carbocycles. The molecule has 0 saturated heterocycles. The number of hydrogen-bond acceptors (Lipinski definition) is 4. The predicted octanol–water partition coefficient (Wildman–Crippen LogP) is 1.29. The molecule has 2 amide bonds. The van der Waals surface area contributed by atoms with E-state index < -0.39 is 0 Å². The van der Waals surface area contributed by atoms with Crippen LogP contribution in [0.25, 0.3) is 0 Å². The van der Waals surface area contributed by atoms with Gasteiger partial charge in [0, 0.05) is 39.0 Å². The number of rotatable bonds is 8. The van der Waals surface area contributed by atoms with E-state index in [2.05, 4.69) is 10.3 Å². The Bertz CT molecular complexity index is 607. The van der Waals surface area contributed by atoms with Gasteiger partial charge < -0.3 is 19.5 Å². The maximum atomic E-state index is 12.5. The minimum Gasteiger partial charge on any atom is -0.379 e. The zero-order valence-corrected chi connectivity index (χ0v) is 14.5. The largest absolute Gasteiger partial charge is 0.379 e. The van der Waals surface area contributed by atoms with E-state index in [9.17, 15) is 9.59 Å². The molecule has 0 atom stereocenters. The van der Waals surface area contributed by atoms with Gasteiger partial charge in [0.1, 0.15) is 5.69 Å². The van der Waals surface area contributed by atoms with Crippen molar-refractivity contribution in [1.29, 1.82) is 0 Å². The quantitative estimate of drug-likeness (QED) is 0.727. The van der Waals surface area contributed by atoms with Crippen LogP contribution in [0.15, 0.2) is 6.20 Å². The summed E-state index contributed by atoms with van der Waals surface area (Å²) in [5, 5.41) is 2.83. The van der Waals surface area contributed by atoms with E-state index in [-0.39, 0.29) is 17.9 Å². The van der Waals surface area contributed by atoms with Gasteiger partial charge >= 0.3 is 0 Å². The molecule has 1 fully saturated rings. The second-order valence-corrected chi connectivity index (χ2v) is 6.87. The molecule has 132 valence electrons. The smallest absolute Gasteiger partial charge is 0.289 e. The molecule has 0 spiro atoms. The van der Waals surface area contributed by atoms with Crippen LogP contribution in [0.3, 0.4) is 0 Å². The first-order chi connectivity index (χ1) is 11.5. The highest BCUT2D eigenvalue weighted by Gasteiger charge is 2.32. The van der Waals surface area contributed by atoms with E-state index in [0.29, 0.717) is 43.7 Å². The van der Waals surface area contributed by atoms with Crippen molar-refractivity contribution in [1.82, 2.24) is 19.8 Å². The number of fused-ring (bicyclic) bond motifs is 1. The number of hydrogen-bond donors (Lipinski definition) is 1. The molecule has 0 radical (unpaired) electrons. The van der Waals surface area contributed by atoms with Crippen molar-refractivity contribution in [2.75, 3.05) is 26.2 Å². The minimum atomic E-state index is -0.233. The zero-order valence-electron chi connectivity index (χ0n) is 14.5. The fourth-order valence-corrected chi connectivity index (χ4v) is 2.81. The van der Waals surface area contributed by atoms with E-state index in [0.717, 1.165) is 13.0 Å². The normalized spacial score (nSPS) is 17.3. The van der Waals surface area contributed by atoms with Gasteiger partial charge in [-0.05, 0) is 39.0 Å². The van der Waals surface area contributed by atoms with Gasteiger partial charge in [-0.3, -0.25) is 9.59 Å². The van der Waals surface area contributed by atoms with Crippen molar-refractivity contribution in [2.24, 2.45) is 5.92 Å². The second kappa shape index (κ2) is 7.34. The van der Waals surface area contributed by atoms with Crippen molar-refractivity contribution in [2.45, 2.75) is 45.8 Å². The molecule has 1 N–H and O–H groups in total. The molecular weight excluding hydrogens is 308 g/mol. The van der Waals surface area contributed by atoms with Crippen LogP contribution in [0.2, 0.25) is 0 Å². The fraction of sp³-hybridized carbons (Fsp3) is 0.706.